The molecule has 0 aliphatic carbocycles. The fourth-order valence-electron chi connectivity index (χ4n) is 3.29. The number of hydrogen-bond donors (Lipinski definition) is 1. The Bertz CT molecular complexity index is 694. The number of nitrogens with one attached hydrogen (secondary N) is 1. The van der Waals surface area contributed by atoms with Crippen molar-refractivity contribution in [2.75, 3.05) is 14.2 Å². The highest BCUT2D eigenvalue weighted by atomic mass is 16.7. The van der Waals surface area contributed by atoms with Gasteiger partial charge in [-0.15, -0.1) is 0 Å². The van der Waals surface area contributed by atoms with Gasteiger partial charge in [0.05, 0.1) is 12.0 Å². The average Bonchev–Trinajstić information content (AvgIpc) is 2.58. The molecular weight excluding hydrogens is 302 g/mol. The lowest BCUT2D eigenvalue weighted by atomic mass is 9.87. The second-order valence-corrected chi connectivity index (χ2v) is 6.12. The van der Waals surface area contributed by atoms with Gasteiger partial charge in [0.25, 0.3) is 0 Å². The van der Waals surface area contributed by atoms with E-state index in [4.69, 9.17) is 9.47 Å². The first kappa shape index (κ1) is 18.4. The molecule has 0 fully saturated rings. The lowest BCUT2D eigenvalue weighted by molar-refractivity contribution is -0.136. The van der Waals surface area contributed by atoms with Gasteiger partial charge in [-0.3, -0.25) is 4.79 Å². The van der Waals surface area contributed by atoms with E-state index in [-0.39, 0.29) is 17.9 Å². The zero-order valence-corrected chi connectivity index (χ0v) is 15.1. The maximum atomic E-state index is 12.9. The van der Waals surface area contributed by atoms with Crippen LogP contribution in [0.5, 0.6) is 0 Å². The Morgan fingerprint density at radius 2 is 1.79 bits per heavy atom. The summed E-state index contributed by atoms with van der Waals surface area (Å²) in [5.41, 5.74) is 2.24. The largest absolute Gasteiger partial charge is 0.354 e. The molecule has 130 valence electrons. The van der Waals surface area contributed by atoms with E-state index < -0.39 is 6.29 Å². The van der Waals surface area contributed by atoms with Crippen LogP contribution in [0.1, 0.15) is 37.3 Å². The van der Waals surface area contributed by atoms with Crippen LogP contribution in [0.3, 0.4) is 0 Å². The van der Waals surface area contributed by atoms with Crippen molar-refractivity contribution < 1.29 is 14.3 Å². The minimum Gasteiger partial charge on any atom is -0.354 e. The number of carbonyl (C=O) groups excluding carboxylic acids is 1. The first-order valence-corrected chi connectivity index (χ1v) is 8.37. The number of aryl methyl sites for hydroxylation is 1. The summed E-state index contributed by atoms with van der Waals surface area (Å²) in [4.78, 5) is 12.9. The number of hydrogen-bond acceptors (Lipinski definition) is 3. The Morgan fingerprint density at radius 3 is 2.42 bits per heavy atom. The molecular formula is C20H27NO3. The Morgan fingerprint density at radius 1 is 1.12 bits per heavy atom. The monoisotopic (exact) mass is 329 g/mol. The molecule has 0 saturated carbocycles. The topological polar surface area (TPSA) is 47.6 Å². The zero-order valence-electron chi connectivity index (χ0n) is 15.1. The molecule has 24 heavy (non-hydrogen) atoms. The number of fused-ring (bicyclic) bond motifs is 1. The van der Waals surface area contributed by atoms with Gasteiger partial charge in [0.2, 0.25) is 5.91 Å². The molecule has 0 aliphatic rings. The van der Waals surface area contributed by atoms with Crippen LogP contribution in [0.2, 0.25) is 0 Å². The molecule has 1 amide bonds. The van der Waals surface area contributed by atoms with Gasteiger partial charge in [-0.05, 0) is 42.2 Å². The minimum atomic E-state index is -0.458. The number of amides is 1. The standard InChI is InChI=1S/C20H27NO3/c1-6-16(19(22)21-14(3)20(23-4)24-5)18-13(2)11-12-15-9-7-8-10-17(15)18/h7-12,14,16,20H,6H2,1-5H3,(H,21,22). The minimum absolute atomic E-state index is 0.00329. The van der Waals surface area contributed by atoms with Gasteiger partial charge in [-0.1, -0.05) is 43.3 Å². The van der Waals surface area contributed by atoms with Gasteiger partial charge in [0.1, 0.15) is 0 Å². The van der Waals surface area contributed by atoms with Crippen LogP contribution < -0.4 is 5.32 Å². The van der Waals surface area contributed by atoms with Crippen molar-refractivity contribution in [2.45, 2.75) is 45.4 Å². The SMILES string of the molecule is CCC(C(=O)NC(C)C(OC)OC)c1c(C)ccc2ccccc12. The number of carbonyl (C=O) groups is 1. The van der Waals surface area contributed by atoms with E-state index in [1.165, 1.54) is 0 Å². The summed E-state index contributed by atoms with van der Waals surface area (Å²) in [5.74, 6) is -0.198. The van der Waals surface area contributed by atoms with Gasteiger partial charge >= 0.3 is 0 Å². The molecule has 0 saturated heterocycles. The van der Waals surface area contributed by atoms with E-state index in [9.17, 15) is 4.79 Å². The Balaban J connectivity index is 2.35. The smallest absolute Gasteiger partial charge is 0.227 e. The summed E-state index contributed by atoms with van der Waals surface area (Å²) < 4.78 is 10.5. The summed E-state index contributed by atoms with van der Waals surface area (Å²) in [7, 11) is 3.14. The summed E-state index contributed by atoms with van der Waals surface area (Å²) in [6.07, 6.45) is 0.276. The predicted octanol–water partition coefficient (Wildman–Crippen LogP) is 3.77. The Kier molecular flexibility index (Phi) is 6.35. The fraction of sp³-hybridized carbons (Fsp3) is 0.450. The Hall–Kier alpha value is -1.91. The normalized spacial score (nSPS) is 13.9. The van der Waals surface area contributed by atoms with E-state index in [0.717, 1.165) is 28.3 Å². The summed E-state index contributed by atoms with van der Waals surface area (Å²) in [6.45, 7) is 5.99. The van der Waals surface area contributed by atoms with Gasteiger partial charge < -0.3 is 14.8 Å². The van der Waals surface area contributed by atoms with Crippen molar-refractivity contribution >= 4 is 16.7 Å². The number of ether oxygens (including phenoxy) is 2. The molecule has 0 aliphatic heterocycles. The molecule has 4 heteroatoms. The summed E-state index contributed by atoms with van der Waals surface area (Å²) >= 11 is 0. The number of methoxy groups -OCH3 is 2. The third-order valence-electron chi connectivity index (χ3n) is 4.50. The first-order valence-electron chi connectivity index (χ1n) is 8.37. The van der Waals surface area contributed by atoms with Crippen LogP contribution in [0.4, 0.5) is 0 Å². The molecule has 0 spiro atoms. The van der Waals surface area contributed by atoms with Crippen molar-refractivity contribution in [1.29, 1.82) is 0 Å². The maximum absolute atomic E-state index is 12.9. The zero-order chi connectivity index (χ0) is 17.7. The average molecular weight is 329 g/mol. The van der Waals surface area contributed by atoms with Crippen molar-refractivity contribution in [2.24, 2.45) is 0 Å². The van der Waals surface area contributed by atoms with Crippen LogP contribution in [0.25, 0.3) is 10.8 Å². The number of benzene rings is 2. The van der Waals surface area contributed by atoms with Gasteiger partial charge in [-0.2, -0.15) is 0 Å². The fourth-order valence-corrected chi connectivity index (χ4v) is 3.29. The molecule has 2 aromatic carbocycles. The van der Waals surface area contributed by atoms with Crippen molar-refractivity contribution in [3.63, 3.8) is 0 Å². The molecule has 2 rings (SSSR count). The molecule has 2 unspecified atom stereocenters. The third-order valence-corrected chi connectivity index (χ3v) is 4.50. The van der Waals surface area contributed by atoms with E-state index in [1.807, 2.05) is 26.0 Å². The lowest BCUT2D eigenvalue weighted by Crippen LogP contribution is -2.44. The third kappa shape index (κ3) is 3.77. The summed E-state index contributed by atoms with van der Waals surface area (Å²) in [6, 6.07) is 12.2. The van der Waals surface area contributed by atoms with E-state index in [1.54, 1.807) is 14.2 Å². The molecule has 0 heterocycles. The second-order valence-electron chi connectivity index (χ2n) is 6.12. The second kappa shape index (κ2) is 8.27. The van der Waals surface area contributed by atoms with Gasteiger partial charge in [0, 0.05) is 14.2 Å². The van der Waals surface area contributed by atoms with Crippen LogP contribution in [-0.2, 0) is 14.3 Å². The summed E-state index contributed by atoms with van der Waals surface area (Å²) in [5, 5.41) is 5.33. The number of rotatable bonds is 7. The maximum Gasteiger partial charge on any atom is 0.227 e. The molecule has 1 N–H and O–H groups in total. The highest BCUT2D eigenvalue weighted by molar-refractivity contribution is 5.94. The van der Waals surface area contributed by atoms with Crippen molar-refractivity contribution in [1.82, 2.24) is 5.32 Å². The highest BCUT2D eigenvalue weighted by Crippen LogP contribution is 2.31. The van der Waals surface area contributed by atoms with Crippen LogP contribution in [-0.4, -0.2) is 32.5 Å². The van der Waals surface area contributed by atoms with E-state index in [2.05, 4.69) is 36.5 Å². The van der Waals surface area contributed by atoms with E-state index in [0.29, 0.717) is 0 Å². The quantitative estimate of drug-likeness (QED) is 0.787. The molecule has 2 atom stereocenters. The van der Waals surface area contributed by atoms with Gasteiger partial charge in [0.15, 0.2) is 6.29 Å². The predicted molar refractivity (Wildman–Crippen MR) is 97.1 cm³/mol. The molecule has 2 aromatic rings. The molecule has 0 bridgehead atoms. The first-order chi connectivity index (χ1) is 11.5. The van der Waals surface area contributed by atoms with Crippen LogP contribution >= 0.6 is 0 Å². The van der Waals surface area contributed by atoms with Crippen LogP contribution in [0.15, 0.2) is 36.4 Å². The van der Waals surface area contributed by atoms with Crippen molar-refractivity contribution in [3.05, 3.63) is 47.5 Å². The van der Waals surface area contributed by atoms with Crippen molar-refractivity contribution in [3.8, 4) is 0 Å². The van der Waals surface area contributed by atoms with Gasteiger partial charge in [-0.25, -0.2) is 0 Å². The van der Waals surface area contributed by atoms with E-state index >= 15 is 0 Å². The lowest BCUT2D eigenvalue weighted by Gasteiger charge is -2.26. The molecule has 0 radical (unpaired) electrons. The van der Waals surface area contributed by atoms with Crippen LogP contribution in [0, 0.1) is 6.92 Å². The Labute approximate surface area is 144 Å². The molecule has 0 aromatic heterocycles. The highest BCUT2D eigenvalue weighted by Gasteiger charge is 2.26. The molecule has 4 nitrogen and oxygen atoms in total.